The molecule has 0 saturated carbocycles. The van der Waals surface area contributed by atoms with Crippen molar-refractivity contribution in [2.75, 3.05) is 33.7 Å². The summed E-state index contributed by atoms with van der Waals surface area (Å²) in [5.74, 6) is 0. The Morgan fingerprint density at radius 1 is 1.08 bits per heavy atom. The van der Waals surface area contributed by atoms with E-state index in [1.165, 1.54) is 0 Å². The average Bonchev–Trinajstić information content (AvgIpc) is 2.16. The first-order valence-corrected chi connectivity index (χ1v) is 4.50. The minimum Gasteiger partial charge on any atom is -0.382 e. The van der Waals surface area contributed by atoms with Crippen molar-refractivity contribution in [3.63, 3.8) is 0 Å². The Labute approximate surface area is 79.2 Å². The van der Waals surface area contributed by atoms with Gasteiger partial charge in [0.25, 0.3) is 0 Å². The van der Waals surface area contributed by atoms with Crippen molar-refractivity contribution in [3.8, 4) is 0 Å². The number of rotatable bonds is 10. The van der Waals surface area contributed by atoms with E-state index in [4.69, 9.17) is 14.2 Å². The van der Waals surface area contributed by atoms with Crippen LogP contribution in [0.3, 0.4) is 0 Å². The third-order valence-corrected chi connectivity index (χ3v) is 1.46. The van der Waals surface area contributed by atoms with Gasteiger partial charge in [-0.1, -0.05) is 0 Å². The van der Waals surface area contributed by atoms with Crippen LogP contribution in [-0.2, 0) is 19.0 Å². The molecule has 0 saturated heterocycles. The first kappa shape index (κ1) is 12.6. The Balaban J connectivity index is 2.79. The van der Waals surface area contributed by atoms with E-state index >= 15 is 0 Å². The second-order valence-corrected chi connectivity index (χ2v) is 2.59. The van der Waals surface area contributed by atoms with Crippen LogP contribution in [0.2, 0.25) is 0 Å². The quantitative estimate of drug-likeness (QED) is 0.293. The number of ether oxygens (including phenoxy) is 3. The van der Waals surface area contributed by atoms with E-state index in [9.17, 15) is 4.79 Å². The second kappa shape index (κ2) is 11.6. The fraction of sp³-hybridized carbons (Fsp3) is 0.889. The van der Waals surface area contributed by atoms with Crippen LogP contribution in [0, 0.1) is 0 Å². The maximum absolute atomic E-state index is 9.93. The molecule has 0 atom stereocenters. The van der Waals surface area contributed by atoms with Crippen LogP contribution >= 0.6 is 0 Å². The van der Waals surface area contributed by atoms with E-state index in [-0.39, 0.29) is 0 Å². The summed E-state index contributed by atoms with van der Waals surface area (Å²) in [5, 5.41) is 0. The molecule has 0 amide bonds. The number of unbranched alkanes of at least 4 members (excludes halogenated alkanes) is 2. The molecular formula is C9H18O4. The first-order valence-electron chi connectivity index (χ1n) is 4.50. The van der Waals surface area contributed by atoms with E-state index in [1.807, 2.05) is 0 Å². The lowest BCUT2D eigenvalue weighted by Gasteiger charge is -2.04. The second-order valence-electron chi connectivity index (χ2n) is 2.59. The molecule has 0 spiro atoms. The van der Waals surface area contributed by atoms with Gasteiger partial charge in [-0.15, -0.1) is 0 Å². The number of carbonyl (C=O) groups excluding carboxylic acids is 1. The predicted molar refractivity (Wildman–Crippen MR) is 48.6 cm³/mol. The zero-order chi connectivity index (χ0) is 9.78. The molecule has 0 rings (SSSR count). The zero-order valence-corrected chi connectivity index (χ0v) is 8.16. The Bertz CT molecular complexity index is 106. The van der Waals surface area contributed by atoms with E-state index in [2.05, 4.69) is 0 Å². The van der Waals surface area contributed by atoms with Crippen LogP contribution in [0.25, 0.3) is 0 Å². The molecule has 78 valence electrons. The van der Waals surface area contributed by atoms with Gasteiger partial charge < -0.3 is 19.0 Å². The van der Waals surface area contributed by atoms with Gasteiger partial charge in [0, 0.05) is 20.1 Å². The maximum atomic E-state index is 9.93. The van der Waals surface area contributed by atoms with E-state index in [1.54, 1.807) is 7.11 Å². The molecule has 0 aromatic carbocycles. The van der Waals surface area contributed by atoms with Crippen molar-refractivity contribution in [1.82, 2.24) is 0 Å². The minimum atomic E-state index is 0.310. The SMILES string of the molecule is COCCOCOCCCCC=O. The summed E-state index contributed by atoms with van der Waals surface area (Å²) in [6, 6.07) is 0. The normalized spacial score (nSPS) is 10.2. The Morgan fingerprint density at radius 2 is 1.85 bits per heavy atom. The number of methoxy groups -OCH3 is 1. The Morgan fingerprint density at radius 3 is 2.54 bits per heavy atom. The maximum Gasteiger partial charge on any atom is 0.146 e. The van der Waals surface area contributed by atoms with Crippen LogP contribution in [0.1, 0.15) is 19.3 Å². The van der Waals surface area contributed by atoms with E-state index in [0.29, 0.717) is 33.0 Å². The predicted octanol–water partition coefficient (Wildman–Crippen LogP) is 0.993. The number of carbonyl (C=O) groups is 1. The summed E-state index contributed by atoms with van der Waals surface area (Å²) in [5.41, 5.74) is 0. The van der Waals surface area contributed by atoms with Crippen molar-refractivity contribution in [2.24, 2.45) is 0 Å². The lowest BCUT2D eigenvalue weighted by atomic mass is 10.3. The minimum absolute atomic E-state index is 0.310. The standard InChI is InChI=1S/C9H18O4/c1-11-7-8-13-9-12-6-4-2-3-5-10/h5H,2-4,6-9H2,1H3. The van der Waals surface area contributed by atoms with Gasteiger partial charge in [-0.2, -0.15) is 0 Å². The Kier molecular flexibility index (Phi) is 11.2. The van der Waals surface area contributed by atoms with Crippen LogP contribution in [-0.4, -0.2) is 40.0 Å². The molecule has 0 unspecified atom stereocenters. The van der Waals surface area contributed by atoms with Crippen molar-refractivity contribution < 1.29 is 19.0 Å². The number of hydrogen-bond acceptors (Lipinski definition) is 4. The van der Waals surface area contributed by atoms with E-state index < -0.39 is 0 Å². The third-order valence-electron chi connectivity index (χ3n) is 1.46. The summed E-state index contributed by atoms with van der Waals surface area (Å²) in [7, 11) is 1.63. The highest BCUT2D eigenvalue weighted by Crippen LogP contribution is 1.92. The van der Waals surface area contributed by atoms with Gasteiger partial charge in [-0.25, -0.2) is 0 Å². The van der Waals surface area contributed by atoms with Gasteiger partial charge in [0.15, 0.2) is 0 Å². The van der Waals surface area contributed by atoms with Crippen LogP contribution in [0.4, 0.5) is 0 Å². The van der Waals surface area contributed by atoms with Gasteiger partial charge in [0.05, 0.1) is 13.2 Å². The zero-order valence-electron chi connectivity index (χ0n) is 8.16. The van der Waals surface area contributed by atoms with E-state index in [0.717, 1.165) is 19.1 Å². The monoisotopic (exact) mass is 190 g/mol. The van der Waals surface area contributed by atoms with Crippen molar-refractivity contribution in [1.29, 1.82) is 0 Å². The summed E-state index contributed by atoms with van der Waals surface area (Å²) < 4.78 is 15.0. The molecule has 0 heterocycles. The van der Waals surface area contributed by atoms with Crippen molar-refractivity contribution >= 4 is 6.29 Å². The lowest BCUT2D eigenvalue weighted by molar-refractivity contribution is -0.108. The van der Waals surface area contributed by atoms with Crippen LogP contribution in [0.15, 0.2) is 0 Å². The highest BCUT2D eigenvalue weighted by atomic mass is 16.7. The van der Waals surface area contributed by atoms with Crippen molar-refractivity contribution in [2.45, 2.75) is 19.3 Å². The molecule has 0 aliphatic heterocycles. The smallest absolute Gasteiger partial charge is 0.146 e. The molecule has 0 bridgehead atoms. The Hall–Kier alpha value is -0.450. The fourth-order valence-electron chi connectivity index (χ4n) is 0.751. The first-order chi connectivity index (χ1) is 6.41. The van der Waals surface area contributed by atoms with Crippen LogP contribution < -0.4 is 0 Å². The topological polar surface area (TPSA) is 44.8 Å². The molecule has 13 heavy (non-hydrogen) atoms. The summed E-state index contributed by atoms with van der Waals surface area (Å²) in [6.07, 6.45) is 3.34. The molecule has 0 aromatic heterocycles. The molecule has 0 radical (unpaired) electrons. The average molecular weight is 190 g/mol. The van der Waals surface area contributed by atoms with Gasteiger partial charge in [-0.05, 0) is 12.8 Å². The molecule has 0 aliphatic carbocycles. The van der Waals surface area contributed by atoms with Gasteiger partial charge in [-0.3, -0.25) is 0 Å². The highest BCUT2D eigenvalue weighted by Gasteiger charge is 1.89. The molecule has 0 aliphatic rings. The summed E-state index contributed by atoms with van der Waals surface area (Å²) in [6.45, 7) is 2.12. The fourth-order valence-corrected chi connectivity index (χ4v) is 0.751. The molecule has 0 fully saturated rings. The number of hydrogen-bond donors (Lipinski definition) is 0. The van der Waals surface area contributed by atoms with Gasteiger partial charge in [0.2, 0.25) is 0 Å². The van der Waals surface area contributed by atoms with Crippen LogP contribution in [0.5, 0.6) is 0 Å². The largest absolute Gasteiger partial charge is 0.382 e. The summed E-state index contributed by atoms with van der Waals surface area (Å²) in [4.78, 5) is 9.93. The lowest BCUT2D eigenvalue weighted by Crippen LogP contribution is -2.06. The molecule has 4 heteroatoms. The molecular weight excluding hydrogens is 172 g/mol. The van der Waals surface area contributed by atoms with Gasteiger partial charge in [0.1, 0.15) is 13.1 Å². The molecule has 4 nitrogen and oxygen atoms in total. The summed E-state index contributed by atoms with van der Waals surface area (Å²) >= 11 is 0. The van der Waals surface area contributed by atoms with Crippen molar-refractivity contribution in [3.05, 3.63) is 0 Å². The van der Waals surface area contributed by atoms with Gasteiger partial charge >= 0.3 is 0 Å². The third kappa shape index (κ3) is 11.5. The highest BCUT2D eigenvalue weighted by molar-refractivity contribution is 5.48. The molecule has 0 N–H and O–H groups in total. The molecule has 0 aromatic rings. The number of aldehydes is 1.